The highest BCUT2D eigenvalue weighted by Crippen LogP contribution is 2.39. The molecule has 1 aromatic heterocycles. The summed E-state index contributed by atoms with van der Waals surface area (Å²) in [6.45, 7) is 4.23. The van der Waals surface area contributed by atoms with Crippen LogP contribution in [0.15, 0.2) is 54.6 Å². The molecule has 2 aromatic carbocycles. The number of allylic oxidation sites excluding steroid dienone is 1. The zero-order chi connectivity index (χ0) is 13.2. The van der Waals surface area contributed by atoms with E-state index in [1.54, 1.807) is 0 Å². The molecule has 1 heterocycles. The maximum atomic E-state index is 2.29. The van der Waals surface area contributed by atoms with Crippen LogP contribution < -0.4 is 0 Å². The van der Waals surface area contributed by atoms with Gasteiger partial charge < -0.3 is 0 Å². The molecule has 0 aliphatic rings. The van der Waals surface area contributed by atoms with Crippen LogP contribution in [0, 0.1) is 6.92 Å². The lowest BCUT2D eigenvalue weighted by molar-refractivity contribution is 1.51. The highest BCUT2D eigenvalue weighted by molar-refractivity contribution is 7.20. The smallest absolute Gasteiger partial charge is 0.0358 e. The van der Waals surface area contributed by atoms with Crippen molar-refractivity contribution in [1.29, 1.82) is 0 Å². The molecule has 0 radical (unpaired) electrons. The van der Waals surface area contributed by atoms with Crippen LogP contribution in [0.25, 0.3) is 27.3 Å². The second-order valence-corrected chi connectivity index (χ2v) is 5.79. The molecule has 0 atom stereocenters. The van der Waals surface area contributed by atoms with Gasteiger partial charge in [0.2, 0.25) is 0 Å². The maximum absolute atomic E-state index is 2.29. The summed E-state index contributed by atoms with van der Waals surface area (Å²) in [5.74, 6) is 0. The van der Waals surface area contributed by atoms with Gasteiger partial charge in [-0.2, -0.15) is 0 Å². The van der Waals surface area contributed by atoms with E-state index in [9.17, 15) is 0 Å². The summed E-state index contributed by atoms with van der Waals surface area (Å²) >= 11 is 1.87. The lowest BCUT2D eigenvalue weighted by atomic mass is 10.0. The first-order chi connectivity index (χ1) is 9.29. The van der Waals surface area contributed by atoms with E-state index in [1.807, 2.05) is 11.3 Å². The van der Waals surface area contributed by atoms with Crippen LogP contribution in [0.1, 0.15) is 17.4 Å². The molecule has 0 spiro atoms. The molecule has 3 aromatic rings. The van der Waals surface area contributed by atoms with Gasteiger partial charge in [-0.25, -0.2) is 0 Å². The second kappa shape index (κ2) is 5.02. The van der Waals surface area contributed by atoms with Crippen molar-refractivity contribution in [2.45, 2.75) is 13.8 Å². The number of rotatable bonds is 2. The lowest BCUT2D eigenvalue weighted by Gasteiger charge is -2.02. The van der Waals surface area contributed by atoms with Gasteiger partial charge >= 0.3 is 0 Å². The first-order valence-electron chi connectivity index (χ1n) is 6.51. The van der Waals surface area contributed by atoms with Crippen LogP contribution in [0.5, 0.6) is 0 Å². The molecule has 0 nitrogen and oxygen atoms in total. The van der Waals surface area contributed by atoms with Gasteiger partial charge in [0.05, 0.1) is 0 Å². The Morgan fingerprint density at radius 1 is 1.00 bits per heavy atom. The third kappa shape index (κ3) is 2.22. The summed E-state index contributed by atoms with van der Waals surface area (Å²) in [5.41, 5.74) is 3.98. The summed E-state index contributed by atoms with van der Waals surface area (Å²) in [6.07, 6.45) is 4.33. The summed E-state index contributed by atoms with van der Waals surface area (Å²) in [5, 5.41) is 1.37. The van der Waals surface area contributed by atoms with E-state index >= 15 is 0 Å². The Balaban J connectivity index is 2.36. The maximum Gasteiger partial charge on any atom is 0.0358 e. The lowest BCUT2D eigenvalue weighted by Crippen LogP contribution is -1.78. The van der Waals surface area contributed by atoms with Crippen LogP contribution in [-0.2, 0) is 0 Å². The number of fused-ring (bicyclic) bond motifs is 1. The molecular weight excluding hydrogens is 248 g/mol. The molecule has 0 unspecified atom stereocenters. The summed E-state index contributed by atoms with van der Waals surface area (Å²) in [4.78, 5) is 1.34. The normalized spacial score (nSPS) is 11.5. The SMILES string of the molecule is CC=Cc1sc2ccc(C)cc2c1-c1ccccc1. The van der Waals surface area contributed by atoms with Gasteiger partial charge in [-0.15, -0.1) is 11.3 Å². The van der Waals surface area contributed by atoms with Crippen LogP contribution >= 0.6 is 11.3 Å². The average molecular weight is 264 g/mol. The average Bonchev–Trinajstić information content (AvgIpc) is 2.77. The molecule has 0 aliphatic heterocycles. The fourth-order valence-corrected chi connectivity index (χ4v) is 3.58. The van der Waals surface area contributed by atoms with E-state index in [-0.39, 0.29) is 0 Å². The van der Waals surface area contributed by atoms with Gasteiger partial charge in [0.15, 0.2) is 0 Å². The number of hydrogen-bond donors (Lipinski definition) is 0. The van der Waals surface area contributed by atoms with Crippen LogP contribution in [-0.4, -0.2) is 0 Å². The number of thiophene rings is 1. The number of benzene rings is 2. The Morgan fingerprint density at radius 2 is 1.79 bits per heavy atom. The first-order valence-corrected chi connectivity index (χ1v) is 7.32. The zero-order valence-electron chi connectivity index (χ0n) is 11.2. The summed E-state index contributed by atoms with van der Waals surface area (Å²) in [7, 11) is 0. The van der Waals surface area contributed by atoms with Crippen LogP contribution in [0.4, 0.5) is 0 Å². The van der Waals surface area contributed by atoms with Crippen molar-refractivity contribution in [3.63, 3.8) is 0 Å². The predicted octanol–water partition coefficient (Wildman–Crippen LogP) is 5.91. The van der Waals surface area contributed by atoms with Gasteiger partial charge in [-0.3, -0.25) is 0 Å². The topological polar surface area (TPSA) is 0 Å². The fourth-order valence-electron chi connectivity index (χ4n) is 2.40. The van der Waals surface area contributed by atoms with E-state index in [4.69, 9.17) is 0 Å². The molecule has 0 saturated heterocycles. The van der Waals surface area contributed by atoms with E-state index in [1.165, 1.54) is 31.7 Å². The van der Waals surface area contributed by atoms with E-state index < -0.39 is 0 Å². The Labute approximate surface area is 118 Å². The van der Waals surface area contributed by atoms with Crippen molar-refractivity contribution >= 4 is 27.5 Å². The highest BCUT2D eigenvalue weighted by atomic mass is 32.1. The summed E-state index contributed by atoms with van der Waals surface area (Å²) < 4.78 is 1.36. The monoisotopic (exact) mass is 264 g/mol. The minimum Gasteiger partial charge on any atom is -0.135 e. The highest BCUT2D eigenvalue weighted by Gasteiger charge is 2.11. The molecule has 94 valence electrons. The van der Waals surface area contributed by atoms with Gasteiger partial charge in [0.1, 0.15) is 0 Å². The van der Waals surface area contributed by atoms with Crippen LogP contribution in [0.2, 0.25) is 0 Å². The van der Waals surface area contributed by atoms with Crippen molar-refractivity contribution in [2.75, 3.05) is 0 Å². The van der Waals surface area contributed by atoms with Crippen molar-refractivity contribution in [3.05, 3.63) is 65.0 Å². The molecule has 0 amide bonds. The molecule has 1 heteroatoms. The Kier molecular flexibility index (Phi) is 3.22. The van der Waals surface area contributed by atoms with Crippen molar-refractivity contribution in [3.8, 4) is 11.1 Å². The minimum absolute atomic E-state index is 1.30. The standard InChI is InChI=1S/C18H16S/c1-3-7-17-18(14-8-5-4-6-9-14)15-12-13(2)10-11-16(15)19-17/h3-12H,1-2H3. The molecule has 0 saturated carbocycles. The molecule has 0 bridgehead atoms. The Bertz CT molecular complexity index is 733. The Hall–Kier alpha value is -1.86. The zero-order valence-corrected chi connectivity index (χ0v) is 12.0. The van der Waals surface area contributed by atoms with Crippen molar-refractivity contribution < 1.29 is 0 Å². The number of aryl methyl sites for hydroxylation is 1. The van der Waals surface area contributed by atoms with E-state index in [0.717, 1.165) is 0 Å². The quantitative estimate of drug-likeness (QED) is 0.539. The molecule has 19 heavy (non-hydrogen) atoms. The second-order valence-electron chi connectivity index (χ2n) is 4.71. The predicted molar refractivity (Wildman–Crippen MR) is 86.7 cm³/mol. The molecule has 0 aliphatic carbocycles. The third-order valence-electron chi connectivity index (χ3n) is 3.25. The molecule has 3 rings (SSSR count). The van der Waals surface area contributed by atoms with Crippen LogP contribution in [0.3, 0.4) is 0 Å². The molecular formula is C18H16S. The third-order valence-corrected chi connectivity index (χ3v) is 4.39. The Morgan fingerprint density at radius 3 is 2.53 bits per heavy atom. The molecule has 0 fully saturated rings. The van der Waals surface area contributed by atoms with E-state index in [2.05, 4.69) is 74.5 Å². The minimum atomic E-state index is 1.30. The van der Waals surface area contributed by atoms with E-state index in [0.29, 0.717) is 0 Å². The van der Waals surface area contributed by atoms with Gasteiger partial charge in [0, 0.05) is 20.5 Å². The largest absolute Gasteiger partial charge is 0.135 e. The van der Waals surface area contributed by atoms with Crippen molar-refractivity contribution in [2.24, 2.45) is 0 Å². The van der Waals surface area contributed by atoms with Gasteiger partial charge in [-0.1, -0.05) is 48.0 Å². The van der Waals surface area contributed by atoms with Gasteiger partial charge in [0.25, 0.3) is 0 Å². The first kappa shape index (κ1) is 12.2. The fraction of sp³-hybridized carbons (Fsp3) is 0.111. The number of hydrogen-bond acceptors (Lipinski definition) is 1. The van der Waals surface area contributed by atoms with Gasteiger partial charge in [-0.05, 0) is 37.6 Å². The summed E-state index contributed by atoms with van der Waals surface area (Å²) in [6, 6.07) is 17.4. The molecule has 0 N–H and O–H groups in total. The van der Waals surface area contributed by atoms with Crippen molar-refractivity contribution in [1.82, 2.24) is 0 Å².